The standard InChI is InChI=1S/C19H23N5O/c1-24-13-16(12-22-24)15-7-5-14(6-8-15)10-17(11-20)23-19(25)18-4-2-3-9-21-18/h5-8,12-13,17-18,21H,2-4,9-10H2,1H3,(H,23,25)/t17-,18?/m0/s1. The molecule has 1 saturated heterocycles. The third kappa shape index (κ3) is 4.46. The van der Waals surface area contributed by atoms with Crippen LogP contribution in [0.25, 0.3) is 11.1 Å². The van der Waals surface area contributed by atoms with Crippen LogP contribution >= 0.6 is 0 Å². The summed E-state index contributed by atoms with van der Waals surface area (Å²) in [6.07, 6.45) is 7.29. The van der Waals surface area contributed by atoms with E-state index in [4.69, 9.17) is 0 Å². The summed E-state index contributed by atoms with van der Waals surface area (Å²) < 4.78 is 1.77. The zero-order valence-electron chi connectivity index (χ0n) is 14.4. The number of nitrogens with one attached hydrogen (secondary N) is 2. The van der Waals surface area contributed by atoms with Crippen LogP contribution in [-0.2, 0) is 18.3 Å². The van der Waals surface area contributed by atoms with Gasteiger partial charge in [0.05, 0.1) is 18.3 Å². The van der Waals surface area contributed by atoms with Crippen molar-refractivity contribution in [2.24, 2.45) is 7.05 Å². The molecule has 2 N–H and O–H groups in total. The number of benzene rings is 1. The highest BCUT2D eigenvalue weighted by atomic mass is 16.2. The van der Waals surface area contributed by atoms with Crippen LogP contribution in [-0.4, -0.2) is 34.3 Å². The largest absolute Gasteiger partial charge is 0.339 e. The molecule has 0 radical (unpaired) electrons. The molecule has 1 aromatic carbocycles. The van der Waals surface area contributed by atoms with Gasteiger partial charge in [0.15, 0.2) is 0 Å². The highest BCUT2D eigenvalue weighted by Crippen LogP contribution is 2.19. The third-order valence-corrected chi connectivity index (χ3v) is 4.53. The fourth-order valence-electron chi connectivity index (χ4n) is 3.12. The molecular weight excluding hydrogens is 314 g/mol. The van der Waals surface area contributed by atoms with Crippen molar-refractivity contribution in [2.45, 2.75) is 37.8 Å². The summed E-state index contributed by atoms with van der Waals surface area (Å²) in [4.78, 5) is 12.3. The predicted molar refractivity (Wildman–Crippen MR) is 95.5 cm³/mol. The monoisotopic (exact) mass is 337 g/mol. The van der Waals surface area contributed by atoms with E-state index in [2.05, 4.69) is 21.8 Å². The summed E-state index contributed by atoms with van der Waals surface area (Å²) in [6.45, 7) is 0.866. The Hall–Kier alpha value is -2.65. The van der Waals surface area contributed by atoms with Crippen LogP contribution in [0.3, 0.4) is 0 Å². The molecule has 2 aromatic rings. The summed E-state index contributed by atoms with van der Waals surface area (Å²) in [6, 6.07) is 9.55. The van der Waals surface area contributed by atoms with E-state index < -0.39 is 6.04 Å². The van der Waals surface area contributed by atoms with Gasteiger partial charge >= 0.3 is 0 Å². The van der Waals surface area contributed by atoms with E-state index in [9.17, 15) is 10.1 Å². The lowest BCUT2D eigenvalue weighted by Crippen LogP contribution is -2.49. The van der Waals surface area contributed by atoms with Crippen molar-refractivity contribution in [1.29, 1.82) is 5.26 Å². The maximum absolute atomic E-state index is 12.3. The van der Waals surface area contributed by atoms with Gasteiger partial charge in [-0.15, -0.1) is 0 Å². The minimum atomic E-state index is -0.513. The average molecular weight is 337 g/mol. The number of nitrogens with zero attached hydrogens (tertiary/aromatic N) is 3. The minimum Gasteiger partial charge on any atom is -0.339 e. The van der Waals surface area contributed by atoms with Gasteiger partial charge < -0.3 is 10.6 Å². The second-order valence-corrected chi connectivity index (χ2v) is 6.50. The maximum Gasteiger partial charge on any atom is 0.238 e. The van der Waals surface area contributed by atoms with Crippen molar-refractivity contribution < 1.29 is 4.79 Å². The first-order valence-corrected chi connectivity index (χ1v) is 8.67. The lowest BCUT2D eigenvalue weighted by atomic mass is 10.0. The number of carbonyl (C=O) groups is 1. The molecule has 2 atom stereocenters. The second-order valence-electron chi connectivity index (χ2n) is 6.50. The number of hydrogen-bond acceptors (Lipinski definition) is 4. The molecule has 0 bridgehead atoms. The first-order valence-electron chi connectivity index (χ1n) is 8.67. The first-order chi connectivity index (χ1) is 12.2. The van der Waals surface area contributed by atoms with Crippen LogP contribution in [0.15, 0.2) is 36.7 Å². The molecule has 1 aliphatic rings. The Morgan fingerprint density at radius 3 is 2.80 bits per heavy atom. The van der Waals surface area contributed by atoms with Crippen molar-refractivity contribution in [3.05, 3.63) is 42.2 Å². The molecule has 1 amide bonds. The summed E-state index contributed by atoms with van der Waals surface area (Å²) in [7, 11) is 1.89. The lowest BCUT2D eigenvalue weighted by molar-refractivity contribution is -0.124. The smallest absolute Gasteiger partial charge is 0.238 e. The van der Waals surface area contributed by atoms with Crippen LogP contribution in [0.1, 0.15) is 24.8 Å². The van der Waals surface area contributed by atoms with Gasteiger partial charge in [0.25, 0.3) is 0 Å². The first kappa shape index (κ1) is 17.2. The molecule has 3 rings (SSSR count). The van der Waals surface area contributed by atoms with Crippen molar-refractivity contribution in [2.75, 3.05) is 6.54 Å². The van der Waals surface area contributed by atoms with Gasteiger partial charge in [0, 0.05) is 25.2 Å². The van der Waals surface area contributed by atoms with Crippen LogP contribution in [0.2, 0.25) is 0 Å². The molecule has 6 nitrogen and oxygen atoms in total. The maximum atomic E-state index is 12.3. The zero-order chi connectivity index (χ0) is 17.6. The van der Waals surface area contributed by atoms with Gasteiger partial charge in [-0.2, -0.15) is 10.4 Å². The summed E-state index contributed by atoms with van der Waals surface area (Å²) >= 11 is 0. The van der Waals surface area contributed by atoms with Gasteiger partial charge in [-0.25, -0.2) is 0 Å². The Morgan fingerprint density at radius 1 is 1.40 bits per heavy atom. The molecule has 2 heterocycles. The Kier molecular flexibility index (Phi) is 5.46. The molecule has 0 saturated carbocycles. The van der Waals surface area contributed by atoms with E-state index in [0.29, 0.717) is 6.42 Å². The number of rotatable bonds is 5. The Labute approximate surface area is 147 Å². The van der Waals surface area contributed by atoms with Gasteiger partial charge in [-0.05, 0) is 30.5 Å². The fourth-order valence-corrected chi connectivity index (χ4v) is 3.12. The number of aromatic nitrogens is 2. The van der Waals surface area contributed by atoms with Crippen LogP contribution in [0.5, 0.6) is 0 Å². The number of amides is 1. The van der Waals surface area contributed by atoms with Gasteiger partial charge in [0.2, 0.25) is 5.91 Å². The summed E-state index contributed by atoms with van der Waals surface area (Å²) in [5.74, 6) is -0.0711. The topological polar surface area (TPSA) is 82.7 Å². The summed E-state index contributed by atoms with van der Waals surface area (Å²) in [5, 5.41) is 19.6. The molecule has 1 fully saturated rings. The quantitative estimate of drug-likeness (QED) is 0.871. The van der Waals surface area contributed by atoms with Crippen LogP contribution < -0.4 is 10.6 Å². The van der Waals surface area contributed by atoms with E-state index in [0.717, 1.165) is 42.5 Å². The van der Waals surface area contributed by atoms with Gasteiger partial charge in [-0.1, -0.05) is 30.7 Å². The van der Waals surface area contributed by atoms with E-state index in [-0.39, 0.29) is 11.9 Å². The molecule has 0 aliphatic carbocycles. The molecule has 130 valence electrons. The highest BCUT2D eigenvalue weighted by Gasteiger charge is 2.22. The van der Waals surface area contributed by atoms with Crippen molar-refractivity contribution in [1.82, 2.24) is 20.4 Å². The van der Waals surface area contributed by atoms with Crippen LogP contribution in [0.4, 0.5) is 0 Å². The third-order valence-electron chi connectivity index (χ3n) is 4.53. The van der Waals surface area contributed by atoms with Crippen LogP contribution in [0, 0.1) is 11.3 Å². The van der Waals surface area contributed by atoms with E-state index in [1.54, 1.807) is 4.68 Å². The second kappa shape index (κ2) is 7.95. The van der Waals surface area contributed by atoms with E-state index in [1.807, 2.05) is 43.7 Å². The Morgan fingerprint density at radius 2 is 2.20 bits per heavy atom. The van der Waals surface area contributed by atoms with Gasteiger partial charge in [0.1, 0.15) is 6.04 Å². The molecule has 6 heteroatoms. The molecule has 1 aliphatic heterocycles. The number of carbonyl (C=O) groups excluding carboxylic acids is 1. The number of nitriles is 1. The number of aryl methyl sites for hydroxylation is 1. The fraction of sp³-hybridized carbons (Fsp3) is 0.421. The summed E-state index contributed by atoms with van der Waals surface area (Å²) in [5.41, 5.74) is 3.17. The highest BCUT2D eigenvalue weighted by molar-refractivity contribution is 5.82. The van der Waals surface area contributed by atoms with Crippen molar-refractivity contribution in [3.63, 3.8) is 0 Å². The van der Waals surface area contributed by atoms with E-state index in [1.165, 1.54) is 0 Å². The molecular formula is C19H23N5O. The average Bonchev–Trinajstić information content (AvgIpc) is 3.08. The molecule has 1 unspecified atom stereocenters. The zero-order valence-corrected chi connectivity index (χ0v) is 14.4. The van der Waals surface area contributed by atoms with Crippen molar-refractivity contribution in [3.8, 4) is 17.2 Å². The van der Waals surface area contributed by atoms with Gasteiger partial charge in [-0.3, -0.25) is 9.48 Å². The van der Waals surface area contributed by atoms with Crippen molar-refractivity contribution >= 4 is 5.91 Å². The lowest BCUT2D eigenvalue weighted by Gasteiger charge is -2.23. The predicted octanol–water partition coefficient (Wildman–Crippen LogP) is 1.78. The van der Waals surface area contributed by atoms with E-state index >= 15 is 0 Å². The minimum absolute atomic E-state index is 0.0711. The number of piperidine rings is 1. The SMILES string of the molecule is Cn1cc(-c2ccc(C[C@@H](C#N)NC(=O)C3CCCCN3)cc2)cn1. The molecule has 0 spiro atoms. The molecule has 25 heavy (non-hydrogen) atoms. The molecule has 1 aromatic heterocycles. The normalized spacial score (nSPS) is 18.3. The Bertz CT molecular complexity index is 753. The Balaban J connectivity index is 1.59. The number of hydrogen-bond donors (Lipinski definition) is 2.